The summed E-state index contributed by atoms with van der Waals surface area (Å²) in [6, 6.07) is 60.4. The molecule has 6 aromatic carbocycles. The fourth-order valence-electron chi connectivity index (χ4n) is 15.8. The topological polar surface area (TPSA) is 182 Å². The number of para-hydroxylation sites is 3. The molecule has 4 aliphatic rings. The van der Waals surface area contributed by atoms with E-state index in [0.717, 1.165) is 134 Å². The van der Waals surface area contributed by atoms with Crippen LogP contribution in [-0.2, 0) is 0 Å². The number of aromatic nitrogens is 8. The lowest BCUT2D eigenvalue weighted by atomic mass is 10.1. The van der Waals surface area contributed by atoms with E-state index >= 15 is 0 Å². The molecule has 0 N–H and O–H groups in total. The number of furan rings is 4. The molecule has 21 rings (SSSR count). The lowest BCUT2D eigenvalue weighted by Gasteiger charge is -2.31. The van der Waals surface area contributed by atoms with Crippen molar-refractivity contribution in [2.45, 2.75) is 110 Å². The molecule has 0 fully saturated rings. The van der Waals surface area contributed by atoms with Gasteiger partial charge in [-0.05, 0) is 175 Å². The number of anilines is 13. The summed E-state index contributed by atoms with van der Waals surface area (Å²) in [4.78, 5) is 54.0. The zero-order valence-corrected chi connectivity index (χ0v) is 60.0. The van der Waals surface area contributed by atoms with E-state index < -0.39 is 0 Å². The lowest BCUT2D eigenvalue weighted by molar-refractivity contribution is 0.647. The molecule has 0 radical (unpaired) electrons. The van der Waals surface area contributed by atoms with Gasteiger partial charge >= 0.3 is 0 Å². The Morgan fingerprint density at radius 1 is 0.248 bits per heavy atom. The number of rotatable bonds is 5. The van der Waals surface area contributed by atoms with Crippen molar-refractivity contribution in [1.29, 1.82) is 0 Å². The molecule has 11 aromatic heterocycles. The van der Waals surface area contributed by atoms with E-state index in [0.29, 0.717) is 22.9 Å². The first kappa shape index (κ1) is 72.8. The largest absolute Gasteiger partial charge is 0.435 e. The average Bonchev–Trinajstić information content (AvgIpc) is 1.59. The first-order chi connectivity index (χ1) is 51.2. The minimum absolute atomic E-state index is 0. The molecule has 15 heterocycles. The van der Waals surface area contributed by atoms with E-state index in [2.05, 4.69) is 282 Å². The van der Waals surface area contributed by atoms with Crippen molar-refractivity contribution >= 4 is 163 Å². The zero-order valence-electron chi connectivity index (χ0n) is 60.0. The molecule has 17 aromatic rings. The number of pyridine rings is 6. The Kier molecular flexibility index (Phi) is 19.1. The van der Waals surface area contributed by atoms with Crippen molar-refractivity contribution in [3.63, 3.8) is 0 Å². The highest BCUT2D eigenvalue weighted by molar-refractivity contribution is 6.13. The van der Waals surface area contributed by atoms with Gasteiger partial charge in [-0.1, -0.05) is 109 Å². The van der Waals surface area contributed by atoms with Crippen LogP contribution < -0.4 is 39.2 Å². The normalized spacial score (nSPS) is 16.0. The van der Waals surface area contributed by atoms with E-state index in [1.807, 2.05) is 61.9 Å². The van der Waals surface area contributed by atoms with Crippen molar-refractivity contribution in [1.82, 2.24) is 39.9 Å². The summed E-state index contributed by atoms with van der Waals surface area (Å²) in [6.07, 6.45) is 14.7. The van der Waals surface area contributed by atoms with Gasteiger partial charge in [0.25, 0.3) is 0 Å². The fourth-order valence-corrected chi connectivity index (χ4v) is 15.8. The van der Waals surface area contributed by atoms with Gasteiger partial charge in [-0.25, -0.2) is 39.9 Å². The number of nitrogens with zero attached hydrogens (tertiary/aromatic N) is 16. The average molecular weight is 1450 g/mol. The maximum absolute atomic E-state index is 6.31. The molecule has 0 spiro atoms. The lowest BCUT2D eigenvalue weighted by Crippen LogP contribution is -2.36. The van der Waals surface area contributed by atoms with E-state index in [-0.39, 0.29) is 54.4 Å². The van der Waals surface area contributed by atoms with Crippen molar-refractivity contribution in [3.05, 3.63) is 248 Å². The van der Waals surface area contributed by atoms with Crippen LogP contribution in [0.1, 0.15) is 79.7 Å². The summed E-state index contributed by atoms with van der Waals surface area (Å²) in [5.41, 5.74) is 20.8. The van der Waals surface area contributed by atoms with Gasteiger partial charge < -0.3 is 52.0 Å². The minimum atomic E-state index is 0. The number of aryl methyl sites for hydroxylation is 4. The third-order valence-electron chi connectivity index (χ3n) is 21.3. The summed E-state index contributed by atoms with van der Waals surface area (Å²) in [7, 11) is 6.21. The molecular formula is C89H90N16O4. The van der Waals surface area contributed by atoms with Crippen LogP contribution in [0.2, 0.25) is 0 Å². The maximum atomic E-state index is 6.31. The molecular weight excluding hydrogens is 1360 g/mol. The number of benzene rings is 6. The monoisotopic (exact) mass is 1450 g/mol. The first-order valence-corrected chi connectivity index (χ1v) is 35.3. The van der Waals surface area contributed by atoms with Crippen LogP contribution in [-0.4, -0.2) is 85.7 Å². The molecule has 20 heteroatoms. The van der Waals surface area contributed by atoms with Crippen LogP contribution in [0.4, 0.5) is 74.5 Å². The predicted molar refractivity (Wildman–Crippen MR) is 449 cm³/mol. The molecule has 109 heavy (non-hydrogen) atoms. The predicted octanol–water partition coefficient (Wildman–Crippen LogP) is 22.7. The molecule has 0 saturated heterocycles. The third-order valence-corrected chi connectivity index (χ3v) is 21.3. The third kappa shape index (κ3) is 11.5. The Bertz CT molecular complexity index is 5820. The molecule has 4 atom stereocenters. The fraction of sp³-hybridized carbons (Fsp3) is 0.213. The van der Waals surface area contributed by atoms with E-state index in [1.54, 1.807) is 37.2 Å². The summed E-state index contributed by atoms with van der Waals surface area (Å²) in [6.45, 7) is 17.2. The Morgan fingerprint density at radius 3 is 1.01 bits per heavy atom. The SMILES string of the molecule is C.C.C.C.Cc1ccc2c(oc3ncccc32)c1N1c2ccccc2N(c2ccccc2)C1C.Cc1ccc2c(oc3ncccc32)c1N1c2cccnc2N(C)C1C.Cc1ccc2c(oc3ncccc32)c1N1c2ncccc2N(C)C1C.Cc1ccc2c(oc3ncccc32)c1N1c2nccnc2N(C)C1C. The summed E-state index contributed by atoms with van der Waals surface area (Å²) >= 11 is 0. The van der Waals surface area contributed by atoms with Crippen molar-refractivity contribution in [3.8, 4) is 0 Å². The van der Waals surface area contributed by atoms with Gasteiger partial charge in [0, 0.05) is 119 Å². The standard InChI is InChI=1S/C26H21N3O.2C20H18N4O.C19H17N5O.4CH4/c1-17-14-15-20-21-11-8-16-27-26(21)30-25(20)24(17)29-18(2)28(19-9-4-3-5-10-19)22-12-6-7-13-23(22)29;1-12-8-9-14-15-6-4-11-22-20(15)25-18(14)17(12)24-13(2)23(3)19-16(24)7-5-10-21-19;1-12-8-9-14-15-6-4-11-22-20(15)25-18(14)17(12)24-13(2)23(3)16-7-5-10-21-19(16)24;1-11-6-7-13-14-5-4-8-22-19(14)25-16(13)15(11)24-12(2)23(3)17-18(24)21-10-9-20-17;;;;/h3-16,18H,1-2H3;2*4-11,13H,1-3H3;4-10,12H,1-3H3;4*1H4. The molecule has 0 bridgehead atoms. The number of fused-ring (bicyclic) bond motifs is 16. The van der Waals surface area contributed by atoms with E-state index in [1.165, 1.54) is 28.2 Å². The molecule has 0 saturated carbocycles. The highest BCUT2D eigenvalue weighted by Crippen LogP contribution is 2.53. The van der Waals surface area contributed by atoms with Gasteiger partial charge in [-0.3, -0.25) is 4.90 Å². The van der Waals surface area contributed by atoms with Crippen molar-refractivity contribution in [2.24, 2.45) is 0 Å². The highest BCUT2D eigenvalue weighted by atomic mass is 16.4. The number of hydrogen-bond donors (Lipinski definition) is 0. The molecule has 550 valence electrons. The highest BCUT2D eigenvalue weighted by Gasteiger charge is 2.41. The van der Waals surface area contributed by atoms with Crippen LogP contribution in [0.3, 0.4) is 0 Å². The van der Waals surface area contributed by atoms with Crippen LogP contribution in [0.15, 0.2) is 243 Å². The molecule has 4 aliphatic heterocycles. The molecule has 4 unspecified atom stereocenters. The Morgan fingerprint density at radius 2 is 0.560 bits per heavy atom. The molecule has 20 nitrogen and oxygen atoms in total. The first-order valence-electron chi connectivity index (χ1n) is 35.3. The van der Waals surface area contributed by atoms with Gasteiger partial charge in [0.05, 0.1) is 45.5 Å². The quantitative estimate of drug-likeness (QED) is 0.158. The van der Waals surface area contributed by atoms with Crippen molar-refractivity contribution in [2.75, 3.05) is 60.3 Å². The summed E-state index contributed by atoms with van der Waals surface area (Å²) in [5.74, 6) is 3.67. The smallest absolute Gasteiger partial charge is 0.227 e. The second kappa shape index (κ2) is 28.6. The molecule has 0 amide bonds. The Labute approximate surface area is 634 Å². The van der Waals surface area contributed by atoms with Gasteiger partial charge in [-0.2, -0.15) is 0 Å². The van der Waals surface area contributed by atoms with Gasteiger partial charge in [0.2, 0.25) is 22.9 Å². The van der Waals surface area contributed by atoms with Crippen LogP contribution in [0, 0.1) is 27.7 Å². The van der Waals surface area contributed by atoms with Gasteiger partial charge in [-0.15, -0.1) is 0 Å². The number of hydrogen-bond acceptors (Lipinski definition) is 20. The van der Waals surface area contributed by atoms with E-state index in [9.17, 15) is 0 Å². The van der Waals surface area contributed by atoms with Crippen LogP contribution >= 0.6 is 0 Å². The second-order valence-electron chi connectivity index (χ2n) is 27.2. The van der Waals surface area contributed by atoms with Crippen molar-refractivity contribution < 1.29 is 17.7 Å². The van der Waals surface area contributed by atoms with Gasteiger partial charge in [0.1, 0.15) is 24.7 Å². The Hall–Kier alpha value is -13.1. The second-order valence-corrected chi connectivity index (χ2v) is 27.2. The van der Waals surface area contributed by atoms with E-state index in [4.69, 9.17) is 17.7 Å². The van der Waals surface area contributed by atoms with Crippen LogP contribution in [0.25, 0.3) is 88.3 Å². The minimum Gasteiger partial charge on any atom is -0.435 e. The summed E-state index contributed by atoms with van der Waals surface area (Å²) in [5, 5.41) is 8.51. The zero-order chi connectivity index (χ0) is 71.6. The maximum Gasteiger partial charge on any atom is 0.227 e. The summed E-state index contributed by atoms with van der Waals surface area (Å²) < 4.78 is 24.8. The Balaban J connectivity index is 0.000000120. The van der Waals surface area contributed by atoms with Gasteiger partial charge in [0.15, 0.2) is 45.6 Å². The molecule has 0 aliphatic carbocycles. The van der Waals surface area contributed by atoms with Crippen LogP contribution in [0.5, 0.6) is 0 Å².